The van der Waals surface area contributed by atoms with Crippen molar-refractivity contribution in [2.24, 2.45) is 4.99 Å². The van der Waals surface area contributed by atoms with Crippen LogP contribution in [0.25, 0.3) is 0 Å². The zero-order chi connectivity index (χ0) is 20.1. The molecule has 3 nitrogen and oxygen atoms in total. The third kappa shape index (κ3) is 5.06. The van der Waals surface area contributed by atoms with E-state index in [0.717, 1.165) is 20.4 Å². The standard InChI is InChI=1S/C23H21ClINO2/c1-15-8-9-19(10-16(15)2)26-13-17-11-21(25)23(22(12-17)27-3)28-14-18-6-4-5-7-20(18)24/h4-13H,14H2,1-3H3. The average Bonchev–Trinajstić information content (AvgIpc) is 2.68. The van der Waals surface area contributed by atoms with Crippen LogP contribution in [0.5, 0.6) is 11.5 Å². The summed E-state index contributed by atoms with van der Waals surface area (Å²) < 4.78 is 12.5. The molecule has 0 heterocycles. The summed E-state index contributed by atoms with van der Waals surface area (Å²) in [5.74, 6) is 1.37. The molecule has 3 rings (SSSR count). The number of ether oxygens (including phenoxy) is 2. The van der Waals surface area contributed by atoms with Crippen LogP contribution in [-0.4, -0.2) is 13.3 Å². The fourth-order valence-corrected chi connectivity index (χ4v) is 3.65. The molecule has 0 aromatic heterocycles. The van der Waals surface area contributed by atoms with Gasteiger partial charge in [-0.05, 0) is 83.5 Å². The Kier molecular flexibility index (Phi) is 6.97. The molecular formula is C23H21ClINO2. The van der Waals surface area contributed by atoms with Gasteiger partial charge in [-0.1, -0.05) is 35.9 Å². The lowest BCUT2D eigenvalue weighted by Crippen LogP contribution is -2.01. The Morgan fingerprint density at radius 1 is 1.04 bits per heavy atom. The van der Waals surface area contributed by atoms with E-state index in [9.17, 15) is 0 Å². The zero-order valence-corrected chi connectivity index (χ0v) is 18.9. The van der Waals surface area contributed by atoms with Gasteiger partial charge in [-0.25, -0.2) is 0 Å². The molecule has 5 heteroatoms. The van der Waals surface area contributed by atoms with E-state index in [0.29, 0.717) is 23.1 Å². The van der Waals surface area contributed by atoms with Crippen molar-refractivity contribution in [1.82, 2.24) is 0 Å². The van der Waals surface area contributed by atoms with E-state index in [1.165, 1.54) is 11.1 Å². The van der Waals surface area contributed by atoms with Crippen molar-refractivity contribution in [3.63, 3.8) is 0 Å². The highest BCUT2D eigenvalue weighted by molar-refractivity contribution is 14.1. The quantitative estimate of drug-likeness (QED) is 0.269. The minimum absolute atomic E-state index is 0.377. The van der Waals surface area contributed by atoms with Gasteiger partial charge in [0.15, 0.2) is 11.5 Å². The molecule has 0 radical (unpaired) electrons. The summed E-state index contributed by atoms with van der Waals surface area (Å²) in [6, 6.07) is 17.8. The summed E-state index contributed by atoms with van der Waals surface area (Å²) in [4.78, 5) is 4.59. The van der Waals surface area contributed by atoms with Crippen LogP contribution in [0.2, 0.25) is 5.02 Å². The lowest BCUT2D eigenvalue weighted by molar-refractivity contribution is 0.282. The fourth-order valence-electron chi connectivity index (χ4n) is 2.67. The third-order valence-electron chi connectivity index (χ3n) is 4.43. The van der Waals surface area contributed by atoms with Gasteiger partial charge < -0.3 is 9.47 Å². The van der Waals surface area contributed by atoms with Crippen molar-refractivity contribution in [2.45, 2.75) is 20.5 Å². The highest BCUT2D eigenvalue weighted by Crippen LogP contribution is 2.34. The summed E-state index contributed by atoms with van der Waals surface area (Å²) in [5.41, 5.74) is 5.29. The molecule has 0 atom stereocenters. The normalized spacial score (nSPS) is 11.0. The number of hydrogen-bond acceptors (Lipinski definition) is 3. The fraction of sp³-hybridized carbons (Fsp3) is 0.174. The van der Waals surface area contributed by atoms with E-state index >= 15 is 0 Å². The monoisotopic (exact) mass is 505 g/mol. The summed E-state index contributed by atoms with van der Waals surface area (Å²) >= 11 is 8.47. The molecule has 0 unspecified atom stereocenters. The number of benzene rings is 3. The largest absolute Gasteiger partial charge is 0.493 e. The first-order valence-corrected chi connectivity index (χ1v) is 10.3. The Morgan fingerprint density at radius 2 is 1.82 bits per heavy atom. The van der Waals surface area contributed by atoms with Crippen LogP contribution < -0.4 is 9.47 Å². The molecule has 0 bridgehead atoms. The minimum Gasteiger partial charge on any atom is -0.493 e. The van der Waals surface area contributed by atoms with E-state index in [1.54, 1.807) is 7.11 Å². The highest BCUT2D eigenvalue weighted by Gasteiger charge is 2.12. The van der Waals surface area contributed by atoms with Gasteiger partial charge in [-0.15, -0.1) is 0 Å². The van der Waals surface area contributed by atoms with Crippen molar-refractivity contribution in [2.75, 3.05) is 7.11 Å². The van der Waals surface area contributed by atoms with Gasteiger partial charge in [0.2, 0.25) is 0 Å². The Bertz CT molecular complexity index is 1020. The number of aliphatic imine (C=N–C) groups is 1. The predicted molar refractivity (Wildman–Crippen MR) is 125 cm³/mol. The van der Waals surface area contributed by atoms with Crippen molar-refractivity contribution in [1.29, 1.82) is 0 Å². The number of rotatable bonds is 6. The van der Waals surface area contributed by atoms with Crippen molar-refractivity contribution >= 4 is 46.1 Å². The van der Waals surface area contributed by atoms with Crippen molar-refractivity contribution < 1.29 is 9.47 Å². The SMILES string of the molecule is COc1cc(C=Nc2ccc(C)c(C)c2)cc(I)c1OCc1ccccc1Cl. The number of nitrogens with zero attached hydrogens (tertiary/aromatic N) is 1. The second-order valence-corrected chi connectivity index (χ2v) is 8.01. The van der Waals surface area contributed by atoms with Gasteiger partial charge in [-0.3, -0.25) is 4.99 Å². The lowest BCUT2D eigenvalue weighted by atomic mass is 10.1. The van der Waals surface area contributed by atoms with Gasteiger partial charge in [0, 0.05) is 16.8 Å². The summed E-state index contributed by atoms with van der Waals surface area (Å²) in [5, 5.41) is 0.689. The van der Waals surface area contributed by atoms with E-state index in [1.807, 2.05) is 48.7 Å². The molecule has 0 amide bonds. The molecule has 144 valence electrons. The second kappa shape index (κ2) is 9.43. The number of halogens is 2. The smallest absolute Gasteiger partial charge is 0.174 e. The molecule has 0 fully saturated rings. The summed E-state index contributed by atoms with van der Waals surface area (Å²) in [6.07, 6.45) is 1.84. The van der Waals surface area contributed by atoms with Crippen LogP contribution in [-0.2, 0) is 6.61 Å². The minimum atomic E-state index is 0.377. The van der Waals surface area contributed by atoms with E-state index in [2.05, 4.69) is 53.6 Å². The maximum atomic E-state index is 6.22. The van der Waals surface area contributed by atoms with Gasteiger partial charge in [-0.2, -0.15) is 0 Å². The average molecular weight is 506 g/mol. The third-order valence-corrected chi connectivity index (χ3v) is 5.60. The van der Waals surface area contributed by atoms with E-state index in [4.69, 9.17) is 21.1 Å². The Labute approximate surface area is 184 Å². The molecule has 28 heavy (non-hydrogen) atoms. The first kappa shape index (κ1) is 20.7. The molecule has 0 N–H and O–H groups in total. The molecule has 0 aliphatic carbocycles. The zero-order valence-electron chi connectivity index (χ0n) is 16.0. The van der Waals surface area contributed by atoms with Gasteiger partial charge in [0.25, 0.3) is 0 Å². The van der Waals surface area contributed by atoms with Gasteiger partial charge in [0.05, 0.1) is 16.4 Å². The predicted octanol–water partition coefficient (Wildman–Crippen LogP) is 6.90. The van der Waals surface area contributed by atoms with Crippen LogP contribution in [0.4, 0.5) is 5.69 Å². The summed E-state index contributed by atoms with van der Waals surface area (Å²) in [7, 11) is 1.64. The number of aryl methyl sites for hydroxylation is 2. The first-order valence-electron chi connectivity index (χ1n) is 8.83. The van der Waals surface area contributed by atoms with Crippen LogP contribution in [0.1, 0.15) is 22.3 Å². The van der Waals surface area contributed by atoms with E-state index < -0.39 is 0 Å². The molecule has 3 aromatic carbocycles. The molecule has 0 saturated heterocycles. The van der Waals surface area contributed by atoms with Crippen LogP contribution in [0, 0.1) is 17.4 Å². The van der Waals surface area contributed by atoms with Crippen LogP contribution in [0.15, 0.2) is 59.6 Å². The van der Waals surface area contributed by atoms with Crippen molar-refractivity contribution in [3.8, 4) is 11.5 Å². The number of hydrogen-bond donors (Lipinski definition) is 0. The van der Waals surface area contributed by atoms with Crippen LogP contribution in [0.3, 0.4) is 0 Å². The van der Waals surface area contributed by atoms with E-state index in [-0.39, 0.29) is 0 Å². The molecule has 0 aliphatic rings. The topological polar surface area (TPSA) is 30.8 Å². The summed E-state index contributed by atoms with van der Waals surface area (Å²) in [6.45, 7) is 4.56. The first-order chi connectivity index (χ1) is 13.5. The molecule has 0 spiro atoms. The number of methoxy groups -OCH3 is 1. The van der Waals surface area contributed by atoms with Gasteiger partial charge in [0.1, 0.15) is 6.61 Å². The maximum absolute atomic E-state index is 6.22. The Balaban J connectivity index is 1.81. The molecule has 0 saturated carbocycles. The molecule has 3 aromatic rings. The van der Waals surface area contributed by atoms with Gasteiger partial charge >= 0.3 is 0 Å². The lowest BCUT2D eigenvalue weighted by Gasteiger charge is -2.14. The van der Waals surface area contributed by atoms with Crippen LogP contribution >= 0.6 is 34.2 Å². The highest BCUT2D eigenvalue weighted by atomic mass is 127. The Morgan fingerprint density at radius 3 is 2.54 bits per heavy atom. The molecular weight excluding hydrogens is 485 g/mol. The van der Waals surface area contributed by atoms with Crippen molar-refractivity contribution in [3.05, 3.63) is 85.4 Å². The molecule has 0 aliphatic heterocycles. The second-order valence-electron chi connectivity index (χ2n) is 6.44. The maximum Gasteiger partial charge on any atom is 0.174 e. The Hall–Kier alpha value is -2.05.